The number of nitrogens with one attached hydrogen (secondary N) is 1. The molecule has 1 fully saturated rings. The quantitative estimate of drug-likeness (QED) is 0.864. The SMILES string of the molecule is Cc1ccncc1N1CCC(CNC(C)C)C1. The van der Waals surface area contributed by atoms with Crippen molar-refractivity contribution in [3.8, 4) is 0 Å². The average molecular weight is 233 g/mol. The molecule has 1 aliphatic heterocycles. The molecular formula is C14H23N3. The highest BCUT2D eigenvalue weighted by atomic mass is 15.2. The third-order valence-electron chi connectivity index (χ3n) is 3.45. The zero-order chi connectivity index (χ0) is 12.3. The Morgan fingerprint density at radius 3 is 3.06 bits per heavy atom. The number of aryl methyl sites for hydroxylation is 1. The van der Waals surface area contributed by atoms with Gasteiger partial charge in [-0.25, -0.2) is 0 Å². The van der Waals surface area contributed by atoms with Crippen LogP contribution in [-0.2, 0) is 0 Å². The second kappa shape index (κ2) is 5.50. The van der Waals surface area contributed by atoms with E-state index < -0.39 is 0 Å². The number of pyridine rings is 1. The maximum Gasteiger partial charge on any atom is 0.0582 e. The Kier molecular flexibility index (Phi) is 4.00. The summed E-state index contributed by atoms with van der Waals surface area (Å²) in [7, 11) is 0. The molecule has 0 radical (unpaired) electrons. The van der Waals surface area contributed by atoms with Gasteiger partial charge in [-0.3, -0.25) is 4.98 Å². The van der Waals surface area contributed by atoms with E-state index in [2.05, 4.69) is 42.0 Å². The molecule has 1 N–H and O–H groups in total. The second-order valence-corrected chi connectivity index (χ2v) is 5.33. The first-order valence-electron chi connectivity index (χ1n) is 6.55. The summed E-state index contributed by atoms with van der Waals surface area (Å²) < 4.78 is 0. The molecule has 0 amide bonds. The number of hydrogen-bond donors (Lipinski definition) is 1. The highest BCUT2D eigenvalue weighted by Crippen LogP contribution is 2.25. The van der Waals surface area contributed by atoms with E-state index in [1.165, 1.54) is 17.7 Å². The predicted molar refractivity (Wildman–Crippen MR) is 72.4 cm³/mol. The highest BCUT2D eigenvalue weighted by Gasteiger charge is 2.23. The Morgan fingerprint density at radius 2 is 2.35 bits per heavy atom. The van der Waals surface area contributed by atoms with Crippen LogP contribution in [0.1, 0.15) is 25.8 Å². The van der Waals surface area contributed by atoms with Gasteiger partial charge in [-0.1, -0.05) is 13.8 Å². The van der Waals surface area contributed by atoms with Crippen molar-refractivity contribution in [2.24, 2.45) is 5.92 Å². The van der Waals surface area contributed by atoms with Crippen LogP contribution in [-0.4, -0.2) is 30.7 Å². The summed E-state index contributed by atoms with van der Waals surface area (Å²) in [5.41, 5.74) is 2.64. The van der Waals surface area contributed by atoms with Crippen molar-refractivity contribution < 1.29 is 0 Å². The largest absolute Gasteiger partial charge is 0.370 e. The molecule has 0 aliphatic carbocycles. The van der Waals surface area contributed by atoms with Gasteiger partial charge in [0.2, 0.25) is 0 Å². The molecular weight excluding hydrogens is 210 g/mol. The monoisotopic (exact) mass is 233 g/mol. The molecule has 0 aromatic carbocycles. The van der Waals surface area contributed by atoms with E-state index in [9.17, 15) is 0 Å². The first-order valence-corrected chi connectivity index (χ1v) is 6.55. The van der Waals surface area contributed by atoms with Crippen molar-refractivity contribution in [3.63, 3.8) is 0 Å². The van der Waals surface area contributed by atoms with Crippen LogP contribution in [0.5, 0.6) is 0 Å². The smallest absolute Gasteiger partial charge is 0.0582 e. The molecule has 1 aliphatic rings. The lowest BCUT2D eigenvalue weighted by Gasteiger charge is -2.20. The highest BCUT2D eigenvalue weighted by molar-refractivity contribution is 5.51. The minimum absolute atomic E-state index is 0.587. The summed E-state index contributed by atoms with van der Waals surface area (Å²) in [6.45, 7) is 10.0. The van der Waals surface area contributed by atoms with E-state index >= 15 is 0 Å². The van der Waals surface area contributed by atoms with Crippen molar-refractivity contribution in [1.82, 2.24) is 10.3 Å². The third-order valence-corrected chi connectivity index (χ3v) is 3.45. The van der Waals surface area contributed by atoms with E-state index in [4.69, 9.17) is 0 Å². The molecule has 2 heterocycles. The summed E-state index contributed by atoms with van der Waals surface area (Å²) >= 11 is 0. The molecule has 94 valence electrons. The normalized spacial score (nSPS) is 20.2. The molecule has 1 aromatic rings. The van der Waals surface area contributed by atoms with Crippen LogP contribution in [0, 0.1) is 12.8 Å². The van der Waals surface area contributed by atoms with Crippen LogP contribution in [0.3, 0.4) is 0 Å². The standard InChI is InChI=1S/C14H23N3/c1-11(2)16-8-13-5-7-17(10-13)14-9-15-6-4-12(14)3/h4,6,9,11,13,16H,5,7-8,10H2,1-3H3. The first kappa shape index (κ1) is 12.4. The molecule has 1 saturated heterocycles. The van der Waals surface area contributed by atoms with E-state index in [1.807, 2.05) is 12.4 Å². The summed E-state index contributed by atoms with van der Waals surface area (Å²) in [6.07, 6.45) is 5.15. The molecule has 1 atom stereocenters. The van der Waals surface area contributed by atoms with Gasteiger partial charge in [-0.05, 0) is 37.4 Å². The van der Waals surface area contributed by atoms with E-state index in [-0.39, 0.29) is 0 Å². The first-order chi connectivity index (χ1) is 8.16. The minimum Gasteiger partial charge on any atom is -0.370 e. The number of aromatic nitrogens is 1. The van der Waals surface area contributed by atoms with Crippen molar-refractivity contribution in [3.05, 3.63) is 24.0 Å². The van der Waals surface area contributed by atoms with Gasteiger partial charge < -0.3 is 10.2 Å². The van der Waals surface area contributed by atoms with Gasteiger partial charge in [0.25, 0.3) is 0 Å². The van der Waals surface area contributed by atoms with Crippen LogP contribution in [0.2, 0.25) is 0 Å². The van der Waals surface area contributed by atoms with Crippen molar-refractivity contribution in [2.45, 2.75) is 33.2 Å². The third kappa shape index (κ3) is 3.19. The van der Waals surface area contributed by atoms with Crippen LogP contribution in [0.4, 0.5) is 5.69 Å². The zero-order valence-corrected chi connectivity index (χ0v) is 11.1. The Bertz CT molecular complexity index is 362. The topological polar surface area (TPSA) is 28.2 Å². The summed E-state index contributed by atoms with van der Waals surface area (Å²) in [6, 6.07) is 2.68. The van der Waals surface area contributed by atoms with Crippen LogP contribution >= 0.6 is 0 Å². The fraction of sp³-hybridized carbons (Fsp3) is 0.643. The van der Waals surface area contributed by atoms with Crippen LogP contribution in [0.15, 0.2) is 18.5 Å². The van der Waals surface area contributed by atoms with Gasteiger partial charge in [0.05, 0.1) is 11.9 Å². The van der Waals surface area contributed by atoms with E-state index in [0.29, 0.717) is 6.04 Å². The minimum atomic E-state index is 0.587. The Balaban J connectivity index is 1.92. The van der Waals surface area contributed by atoms with Gasteiger partial charge in [0, 0.05) is 25.3 Å². The predicted octanol–water partition coefficient (Wildman–Crippen LogP) is 2.21. The van der Waals surface area contributed by atoms with E-state index in [0.717, 1.165) is 25.6 Å². The summed E-state index contributed by atoms with van der Waals surface area (Å²) in [5.74, 6) is 0.775. The Morgan fingerprint density at radius 1 is 1.53 bits per heavy atom. The molecule has 1 unspecified atom stereocenters. The Labute approximate surface area is 104 Å². The average Bonchev–Trinajstić information content (AvgIpc) is 2.75. The maximum absolute atomic E-state index is 4.23. The lowest BCUT2D eigenvalue weighted by atomic mass is 10.1. The lowest BCUT2D eigenvalue weighted by Crippen LogP contribution is -2.30. The number of rotatable bonds is 4. The lowest BCUT2D eigenvalue weighted by molar-refractivity contribution is 0.480. The zero-order valence-electron chi connectivity index (χ0n) is 11.1. The van der Waals surface area contributed by atoms with Gasteiger partial charge in [-0.2, -0.15) is 0 Å². The molecule has 1 aromatic heterocycles. The molecule has 0 bridgehead atoms. The molecule has 17 heavy (non-hydrogen) atoms. The summed E-state index contributed by atoms with van der Waals surface area (Å²) in [4.78, 5) is 6.70. The van der Waals surface area contributed by atoms with Gasteiger partial charge in [0.1, 0.15) is 0 Å². The molecule has 3 nitrogen and oxygen atoms in total. The molecule has 0 spiro atoms. The van der Waals surface area contributed by atoms with Gasteiger partial charge in [0.15, 0.2) is 0 Å². The molecule has 2 rings (SSSR count). The Hall–Kier alpha value is -1.09. The number of anilines is 1. The maximum atomic E-state index is 4.23. The second-order valence-electron chi connectivity index (χ2n) is 5.33. The molecule has 3 heteroatoms. The van der Waals surface area contributed by atoms with E-state index in [1.54, 1.807) is 0 Å². The van der Waals surface area contributed by atoms with Crippen LogP contribution in [0.25, 0.3) is 0 Å². The fourth-order valence-corrected chi connectivity index (χ4v) is 2.41. The number of hydrogen-bond acceptors (Lipinski definition) is 3. The van der Waals surface area contributed by atoms with Crippen molar-refractivity contribution >= 4 is 5.69 Å². The van der Waals surface area contributed by atoms with Gasteiger partial charge in [-0.15, -0.1) is 0 Å². The number of nitrogens with zero attached hydrogens (tertiary/aromatic N) is 2. The van der Waals surface area contributed by atoms with Crippen molar-refractivity contribution in [2.75, 3.05) is 24.5 Å². The van der Waals surface area contributed by atoms with Crippen molar-refractivity contribution in [1.29, 1.82) is 0 Å². The molecule has 0 saturated carbocycles. The summed E-state index contributed by atoms with van der Waals surface area (Å²) in [5, 5.41) is 3.53. The van der Waals surface area contributed by atoms with Gasteiger partial charge >= 0.3 is 0 Å². The van der Waals surface area contributed by atoms with Crippen LogP contribution < -0.4 is 10.2 Å². The fourth-order valence-electron chi connectivity index (χ4n) is 2.41.